The van der Waals surface area contributed by atoms with E-state index in [9.17, 15) is 9.59 Å². The van der Waals surface area contributed by atoms with E-state index < -0.39 is 5.97 Å². The molecule has 5 heteroatoms. The number of methoxy groups -OCH3 is 1. The summed E-state index contributed by atoms with van der Waals surface area (Å²) >= 11 is 0. The maximum Gasteiger partial charge on any atom is 0.339 e. The van der Waals surface area contributed by atoms with Crippen LogP contribution in [0.15, 0.2) is 0 Å². The van der Waals surface area contributed by atoms with E-state index in [4.69, 9.17) is 4.74 Å². The van der Waals surface area contributed by atoms with E-state index in [0.29, 0.717) is 27.9 Å². The molecule has 0 atom stereocenters. The van der Waals surface area contributed by atoms with Gasteiger partial charge in [0.1, 0.15) is 5.69 Å². The number of aromatic nitrogens is 1. The van der Waals surface area contributed by atoms with Crippen LogP contribution in [0.5, 0.6) is 0 Å². The third-order valence-corrected chi connectivity index (χ3v) is 7.16. The summed E-state index contributed by atoms with van der Waals surface area (Å²) in [5.74, 6) is 2.29. The number of esters is 1. The lowest BCUT2D eigenvalue weighted by Gasteiger charge is -2.57. The van der Waals surface area contributed by atoms with Gasteiger partial charge in [-0.2, -0.15) is 0 Å². The zero-order valence-electron chi connectivity index (χ0n) is 16.1. The second kappa shape index (κ2) is 6.43. The summed E-state index contributed by atoms with van der Waals surface area (Å²) in [7, 11) is 1.36. The molecule has 1 amide bonds. The number of aryl methyl sites for hydroxylation is 1. The Morgan fingerprint density at radius 1 is 1.12 bits per heavy atom. The number of amides is 1. The van der Waals surface area contributed by atoms with Gasteiger partial charge in [-0.05, 0) is 87.5 Å². The molecule has 0 aromatic carbocycles. The summed E-state index contributed by atoms with van der Waals surface area (Å²) < 4.78 is 4.82. The van der Waals surface area contributed by atoms with Crippen molar-refractivity contribution in [3.8, 4) is 0 Å². The summed E-state index contributed by atoms with van der Waals surface area (Å²) in [4.78, 5) is 27.6. The van der Waals surface area contributed by atoms with Crippen LogP contribution in [0.4, 0.5) is 0 Å². The lowest BCUT2D eigenvalue weighted by Crippen LogP contribution is -2.47. The van der Waals surface area contributed by atoms with Crippen molar-refractivity contribution in [1.82, 2.24) is 10.3 Å². The number of hydrogen-bond acceptors (Lipinski definition) is 3. The third kappa shape index (κ3) is 2.95. The molecule has 4 aliphatic rings. The van der Waals surface area contributed by atoms with Gasteiger partial charge in [0.25, 0.3) is 5.91 Å². The van der Waals surface area contributed by atoms with Crippen molar-refractivity contribution in [3.05, 3.63) is 22.5 Å². The van der Waals surface area contributed by atoms with Gasteiger partial charge < -0.3 is 15.0 Å². The second-order valence-electron chi connectivity index (χ2n) is 9.04. The quantitative estimate of drug-likeness (QED) is 0.788. The van der Waals surface area contributed by atoms with Crippen molar-refractivity contribution in [1.29, 1.82) is 0 Å². The topological polar surface area (TPSA) is 71.2 Å². The maximum atomic E-state index is 12.6. The van der Waals surface area contributed by atoms with E-state index in [-0.39, 0.29) is 5.91 Å². The van der Waals surface area contributed by atoms with Crippen LogP contribution in [0.2, 0.25) is 0 Å². The number of H-pyrrole nitrogens is 1. The largest absolute Gasteiger partial charge is 0.465 e. The van der Waals surface area contributed by atoms with Crippen molar-refractivity contribution >= 4 is 11.9 Å². The normalized spacial score (nSPS) is 31.9. The molecule has 26 heavy (non-hydrogen) atoms. The molecule has 0 spiro atoms. The van der Waals surface area contributed by atoms with Crippen LogP contribution in [0.3, 0.4) is 0 Å². The fourth-order valence-corrected chi connectivity index (χ4v) is 6.51. The summed E-state index contributed by atoms with van der Waals surface area (Å²) in [5, 5.41) is 3.09. The highest BCUT2D eigenvalue weighted by molar-refractivity contribution is 6.00. The Kier molecular flexibility index (Phi) is 4.36. The average Bonchev–Trinajstić information content (AvgIpc) is 2.87. The van der Waals surface area contributed by atoms with E-state index in [1.165, 1.54) is 45.6 Å². The molecule has 0 radical (unpaired) electrons. The van der Waals surface area contributed by atoms with E-state index in [2.05, 4.69) is 10.3 Å². The minimum absolute atomic E-state index is 0.120. The Labute approximate surface area is 155 Å². The van der Waals surface area contributed by atoms with Crippen LogP contribution >= 0.6 is 0 Å². The fourth-order valence-electron chi connectivity index (χ4n) is 6.51. The molecule has 1 heterocycles. The van der Waals surface area contributed by atoms with Crippen molar-refractivity contribution in [2.24, 2.45) is 23.2 Å². The molecule has 4 bridgehead atoms. The molecule has 142 valence electrons. The predicted molar refractivity (Wildman–Crippen MR) is 99.2 cm³/mol. The van der Waals surface area contributed by atoms with Gasteiger partial charge in [0.05, 0.1) is 12.7 Å². The van der Waals surface area contributed by atoms with Gasteiger partial charge in [0.15, 0.2) is 0 Å². The Morgan fingerprint density at radius 2 is 1.69 bits per heavy atom. The van der Waals surface area contributed by atoms with Gasteiger partial charge in [-0.15, -0.1) is 0 Å². The molecule has 0 saturated heterocycles. The Morgan fingerprint density at radius 3 is 2.23 bits per heavy atom. The standard InChI is InChI=1S/C21H30N2O3/c1-12-17(20(25)26-3)13(2)23-18(12)19(24)22-5-4-21-9-14-6-15(10-21)8-16(7-14)11-21/h14-16,23H,4-11H2,1-3H3,(H,22,24). The van der Waals surface area contributed by atoms with Crippen LogP contribution in [-0.4, -0.2) is 30.5 Å². The Hall–Kier alpha value is -1.78. The third-order valence-electron chi connectivity index (χ3n) is 7.16. The van der Waals surface area contributed by atoms with E-state index in [1.54, 1.807) is 13.8 Å². The molecule has 4 saturated carbocycles. The molecule has 1 aromatic heterocycles. The van der Waals surface area contributed by atoms with E-state index >= 15 is 0 Å². The van der Waals surface area contributed by atoms with Crippen molar-refractivity contribution in [3.63, 3.8) is 0 Å². The molecule has 0 unspecified atom stereocenters. The summed E-state index contributed by atoms with van der Waals surface area (Å²) in [6.07, 6.45) is 9.52. The molecule has 1 aromatic rings. The van der Waals surface area contributed by atoms with Gasteiger partial charge in [-0.25, -0.2) is 4.79 Å². The number of rotatable bonds is 5. The number of carbonyl (C=O) groups is 2. The summed E-state index contributed by atoms with van der Waals surface area (Å²) in [5.41, 5.74) is 2.77. The lowest BCUT2D eigenvalue weighted by atomic mass is 9.49. The average molecular weight is 358 g/mol. The minimum atomic E-state index is -0.399. The van der Waals surface area contributed by atoms with Crippen molar-refractivity contribution in [2.45, 2.75) is 58.8 Å². The highest BCUT2D eigenvalue weighted by Gasteiger charge is 2.50. The van der Waals surface area contributed by atoms with Gasteiger partial charge in [-0.3, -0.25) is 4.79 Å². The van der Waals surface area contributed by atoms with Gasteiger partial charge in [0.2, 0.25) is 0 Å². The van der Waals surface area contributed by atoms with Crippen LogP contribution < -0.4 is 5.32 Å². The molecule has 5 nitrogen and oxygen atoms in total. The first-order valence-electron chi connectivity index (χ1n) is 9.96. The predicted octanol–water partition coefficient (Wildman–Crippen LogP) is 3.75. The molecule has 0 aliphatic heterocycles. The fraction of sp³-hybridized carbons (Fsp3) is 0.714. The zero-order chi connectivity index (χ0) is 18.5. The number of nitrogens with one attached hydrogen (secondary N) is 2. The second-order valence-corrected chi connectivity index (χ2v) is 9.04. The number of aromatic amines is 1. The summed E-state index contributed by atoms with van der Waals surface area (Å²) in [6.45, 7) is 4.31. The van der Waals surface area contributed by atoms with Crippen LogP contribution in [0, 0.1) is 37.0 Å². The number of hydrogen-bond donors (Lipinski definition) is 2. The Bertz CT molecular complexity index is 699. The molecule has 5 rings (SSSR count). The lowest BCUT2D eigenvalue weighted by molar-refractivity contribution is -0.0564. The molecular formula is C21H30N2O3. The highest BCUT2D eigenvalue weighted by atomic mass is 16.5. The van der Waals surface area contributed by atoms with Crippen LogP contribution in [0.1, 0.15) is 77.0 Å². The van der Waals surface area contributed by atoms with Gasteiger partial charge in [0, 0.05) is 12.2 Å². The number of carbonyl (C=O) groups excluding carboxylic acids is 2. The van der Waals surface area contributed by atoms with E-state index in [0.717, 1.165) is 30.7 Å². The monoisotopic (exact) mass is 358 g/mol. The molecule has 4 fully saturated rings. The van der Waals surface area contributed by atoms with Gasteiger partial charge >= 0.3 is 5.97 Å². The smallest absolute Gasteiger partial charge is 0.339 e. The molecule has 2 N–H and O–H groups in total. The van der Waals surface area contributed by atoms with Crippen LogP contribution in [0.25, 0.3) is 0 Å². The first kappa shape index (κ1) is 17.6. The maximum absolute atomic E-state index is 12.6. The summed E-state index contributed by atoms with van der Waals surface area (Å²) in [6, 6.07) is 0. The van der Waals surface area contributed by atoms with Crippen molar-refractivity contribution in [2.75, 3.05) is 13.7 Å². The van der Waals surface area contributed by atoms with Crippen LogP contribution in [-0.2, 0) is 4.74 Å². The first-order valence-corrected chi connectivity index (χ1v) is 9.96. The Balaban J connectivity index is 1.38. The first-order chi connectivity index (χ1) is 12.4. The van der Waals surface area contributed by atoms with Gasteiger partial charge in [-0.1, -0.05) is 0 Å². The van der Waals surface area contributed by atoms with E-state index in [1.807, 2.05) is 0 Å². The van der Waals surface area contributed by atoms with Crippen molar-refractivity contribution < 1.29 is 14.3 Å². The minimum Gasteiger partial charge on any atom is -0.465 e. The number of ether oxygens (including phenoxy) is 1. The SMILES string of the molecule is COC(=O)c1c(C)[nH]c(C(=O)NCCC23CC4CC(CC(C4)C2)C3)c1C. The zero-order valence-corrected chi connectivity index (χ0v) is 16.1. The highest BCUT2D eigenvalue weighted by Crippen LogP contribution is 2.61. The molecule has 4 aliphatic carbocycles. The molecular weight excluding hydrogens is 328 g/mol.